The Morgan fingerprint density at radius 1 is 1.33 bits per heavy atom. The summed E-state index contributed by atoms with van der Waals surface area (Å²) >= 11 is 5.34. The van der Waals surface area contributed by atoms with Crippen LogP contribution < -0.4 is 0 Å². The molecule has 0 saturated carbocycles. The van der Waals surface area contributed by atoms with Gasteiger partial charge in [-0.15, -0.1) is 0 Å². The highest BCUT2D eigenvalue weighted by molar-refractivity contribution is 7.71. The van der Waals surface area contributed by atoms with E-state index in [-0.39, 0.29) is 5.91 Å². The number of rotatable bonds is 2. The molecule has 110 valence electrons. The van der Waals surface area contributed by atoms with Crippen molar-refractivity contribution in [3.63, 3.8) is 0 Å². The van der Waals surface area contributed by atoms with Gasteiger partial charge in [0.15, 0.2) is 4.77 Å². The molecule has 0 spiro atoms. The van der Waals surface area contributed by atoms with Crippen molar-refractivity contribution in [3.05, 3.63) is 47.0 Å². The molecule has 21 heavy (non-hydrogen) atoms. The number of aromatic amines is 1. The number of benzene rings is 1. The molecule has 4 nitrogen and oxygen atoms in total. The van der Waals surface area contributed by atoms with Crippen LogP contribution in [0.3, 0.4) is 0 Å². The summed E-state index contributed by atoms with van der Waals surface area (Å²) in [6, 6.07) is 9.76. The Labute approximate surface area is 129 Å². The smallest absolute Gasteiger partial charge is 0.272 e. The second-order valence-electron chi connectivity index (χ2n) is 5.65. The third kappa shape index (κ3) is 2.78. The van der Waals surface area contributed by atoms with Crippen LogP contribution >= 0.6 is 12.2 Å². The summed E-state index contributed by atoms with van der Waals surface area (Å²) in [5.74, 6) is 0.618. The highest BCUT2D eigenvalue weighted by atomic mass is 32.1. The van der Waals surface area contributed by atoms with Gasteiger partial charge in [0.05, 0.1) is 0 Å². The van der Waals surface area contributed by atoms with Crippen LogP contribution in [0.5, 0.6) is 0 Å². The third-order valence-electron chi connectivity index (χ3n) is 3.95. The van der Waals surface area contributed by atoms with Crippen LogP contribution in [0.2, 0.25) is 0 Å². The van der Waals surface area contributed by atoms with E-state index >= 15 is 0 Å². The molecule has 1 saturated heterocycles. The average molecular weight is 301 g/mol. The number of hydrogen-bond acceptors (Lipinski definition) is 2. The van der Waals surface area contributed by atoms with E-state index in [1.54, 1.807) is 6.20 Å². The number of nitrogens with zero attached hydrogens (tertiary/aromatic N) is 2. The number of aromatic nitrogens is 2. The Balaban J connectivity index is 1.96. The molecule has 0 aliphatic carbocycles. The molecule has 1 N–H and O–H groups in total. The van der Waals surface area contributed by atoms with Gasteiger partial charge in [0.1, 0.15) is 5.69 Å². The number of carbonyl (C=O) groups is 1. The number of imidazole rings is 1. The van der Waals surface area contributed by atoms with Crippen LogP contribution in [0, 0.1) is 10.7 Å². The van der Waals surface area contributed by atoms with Crippen molar-refractivity contribution < 1.29 is 4.79 Å². The topological polar surface area (TPSA) is 41.0 Å². The molecule has 0 bridgehead atoms. The minimum atomic E-state index is 0.0535. The fourth-order valence-electron chi connectivity index (χ4n) is 2.90. The average Bonchev–Trinajstić information content (AvgIpc) is 2.89. The van der Waals surface area contributed by atoms with Crippen LogP contribution in [-0.2, 0) is 0 Å². The van der Waals surface area contributed by atoms with Gasteiger partial charge in [-0.3, -0.25) is 9.36 Å². The highest BCUT2D eigenvalue weighted by Crippen LogP contribution is 2.20. The first-order valence-corrected chi connectivity index (χ1v) is 7.73. The predicted octanol–water partition coefficient (Wildman–Crippen LogP) is 3.41. The molecule has 1 aromatic heterocycles. The second kappa shape index (κ2) is 5.85. The zero-order valence-corrected chi connectivity index (χ0v) is 12.9. The molecule has 0 radical (unpaired) electrons. The van der Waals surface area contributed by atoms with Crippen molar-refractivity contribution >= 4 is 18.1 Å². The Morgan fingerprint density at radius 3 is 2.81 bits per heavy atom. The van der Waals surface area contributed by atoms with E-state index in [0.717, 1.165) is 25.2 Å². The quantitative estimate of drug-likeness (QED) is 0.864. The van der Waals surface area contributed by atoms with Crippen molar-refractivity contribution in [2.75, 3.05) is 13.1 Å². The summed E-state index contributed by atoms with van der Waals surface area (Å²) in [6.07, 6.45) is 3.99. The van der Waals surface area contributed by atoms with Gasteiger partial charge in [-0.1, -0.05) is 25.1 Å². The number of likely N-dealkylation sites (tertiary alicyclic amines) is 1. The maximum absolute atomic E-state index is 12.8. The van der Waals surface area contributed by atoms with Gasteiger partial charge in [-0.05, 0) is 43.1 Å². The van der Waals surface area contributed by atoms with E-state index in [1.165, 1.54) is 6.42 Å². The number of piperidine rings is 1. The summed E-state index contributed by atoms with van der Waals surface area (Å²) in [6.45, 7) is 3.85. The molecular weight excluding hydrogens is 282 g/mol. The number of carbonyl (C=O) groups excluding carboxylic acids is 1. The molecule has 1 atom stereocenters. The number of amides is 1. The fraction of sp³-hybridized carbons (Fsp3) is 0.375. The summed E-state index contributed by atoms with van der Waals surface area (Å²) in [7, 11) is 0. The van der Waals surface area contributed by atoms with E-state index < -0.39 is 0 Å². The predicted molar refractivity (Wildman–Crippen MR) is 85.3 cm³/mol. The molecule has 1 amide bonds. The van der Waals surface area contributed by atoms with Gasteiger partial charge >= 0.3 is 0 Å². The molecule has 3 rings (SSSR count). The SMILES string of the molecule is C[C@H]1CCCN(C(=O)c2c[nH]c(=S)n2-c2ccccc2)C1. The molecule has 2 aromatic rings. The molecular formula is C16H19N3OS. The summed E-state index contributed by atoms with van der Waals surface area (Å²) in [5.41, 5.74) is 1.53. The second-order valence-corrected chi connectivity index (χ2v) is 6.04. The van der Waals surface area contributed by atoms with Crippen LogP contribution in [0.1, 0.15) is 30.3 Å². The standard InChI is InChI=1S/C16H19N3OS/c1-12-6-5-9-18(11-12)15(20)14-10-17-16(21)19(14)13-7-3-2-4-8-13/h2-4,7-8,10,12H,5-6,9,11H2,1H3,(H,17,21)/t12-/m0/s1. The Morgan fingerprint density at radius 2 is 2.10 bits per heavy atom. The van der Waals surface area contributed by atoms with Gasteiger partial charge in [-0.2, -0.15) is 0 Å². The number of hydrogen-bond donors (Lipinski definition) is 1. The molecule has 1 aliphatic rings. The molecule has 0 unspecified atom stereocenters. The van der Waals surface area contributed by atoms with Gasteiger partial charge < -0.3 is 9.88 Å². The van der Waals surface area contributed by atoms with Crippen molar-refractivity contribution in [2.24, 2.45) is 5.92 Å². The summed E-state index contributed by atoms with van der Waals surface area (Å²) in [5, 5.41) is 0. The number of H-pyrrole nitrogens is 1. The van der Waals surface area contributed by atoms with E-state index in [1.807, 2.05) is 39.8 Å². The molecule has 1 aromatic carbocycles. The van der Waals surface area contributed by atoms with E-state index in [0.29, 0.717) is 16.4 Å². The van der Waals surface area contributed by atoms with E-state index in [4.69, 9.17) is 12.2 Å². The number of nitrogens with one attached hydrogen (secondary N) is 1. The molecule has 2 heterocycles. The van der Waals surface area contributed by atoms with Gasteiger partial charge in [0.2, 0.25) is 0 Å². The highest BCUT2D eigenvalue weighted by Gasteiger charge is 2.24. The first kappa shape index (κ1) is 14.1. The van der Waals surface area contributed by atoms with Crippen molar-refractivity contribution in [1.29, 1.82) is 0 Å². The number of para-hydroxylation sites is 1. The van der Waals surface area contributed by atoms with Crippen LogP contribution in [0.25, 0.3) is 5.69 Å². The third-order valence-corrected chi connectivity index (χ3v) is 4.25. The molecule has 5 heteroatoms. The van der Waals surface area contributed by atoms with Crippen molar-refractivity contribution in [3.8, 4) is 5.69 Å². The fourth-order valence-corrected chi connectivity index (χ4v) is 3.16. The monoisotopic (exact) mass is 301 g/mol. The van der Waals surface area contributed by atoms with Gasteiger partial charge in [0, 0.05) is 25.0 Å². The zero-order valence-electron chi connectivity index (χ0n) is 12.1. The zero-order chi connectivity index (χ0) is 14.8. The Kier molecular flexibility index (Phi) is 3.92. The largest absolute Gasteiger partial charge is 0.337 e. The Bertz CT molecular complexity index is 689. The molecule has 1 aliphatic heterocycles. The van der Waals surface area contributed by atoms with Crippen LogP contribution in [0.4, 0.5) is 0 Å². The maximum Gasteiger partial charge on any atom is 0.272 e. The van der Waals surface area contributed by atoms with Crippen molar-refractivity contribution in [2.45, 2.75) is 19.8 Å². The van der Waals surface area contributed by atoms with Gasteiger partial charge in [0.25, 0.3) is 5.91 Å². The summed E-state index contributed by atoms with van der Waals surface area (Å²) < 4.78 is 2.37. The lowest BCUT2D eigenvalue weighted by Gasteiger charge is -2.31. The lowest BCUT2D eigenvalue weighted by molar-refractivity contribution is 0.0675. The van der Waals surface area contributed by atoms with Crippen LogP contribution in [-0.4, -0.2) is 33.4 Å². The van der Waals surface area contributed by atoms with Crippen molar-refractivity contribution in [1.82, 2.24) is 14.5 Å². The van der Waals surface area contributed by atoms with Gasteiger partial charge in [-0.25, -0.2) is 0 Å². The lowest BCUT2D eigenvalue weighted by atomic mass is 10.00. The minimum absolute atomic E-state index is 0.0535. The van der Waals surface area contributed by atoms with E-state index in [2.05, 4.69) is 11.9 Å². The summed E-state index contributed by atoms with van der Waals surface area (Å²) in [4.78, 5) is 17.7. The minimum Gasteiger partial charge on any atom is -0.337 e. The van der Waals surface area contributed by atoms with E-state index in [9.17, 15) is 4.79 Å². The lowest BCUT2D eigenvalue weighted by Crippen LogP contribution is -2.39. The maximum atomic E-state index is 12.8. The normalized spacial score (nSPS) is 18.7. The van der Waals surface area contributed by atoms with Crippen LogP contribution in [0.15, 0.2) is 36.5 Å². The Hall–Kier alpha value is -1.88. The first-order valence-electron chi connectivity index (χ1n) is 7.32. The molecule has 1 fully saturated rings. The first-order chi connectivity index (χ1) is 10.2.